The molecule has 7 heteroatoms. The Balaban J connectivity index is 0.000000164. The second-order valence-corrected chi connectivity index (χ2v) is 4.20. The topological polar surface area (TPSA) is 121 Å². The van der Waals surface area contributed by atoms with E-state index in [9.17, 15) is 14.4 Å². The van der Waals surface area contributed by atoms with Crippen LogP contribution in [0.25, 0.3) is 0 Å². The molecule has 0 atom stereocenters. The first-order valence-electron chi connectivity index (χ1n) is 6.01. The molecule has 0 fully saturated rings. The molecule has 2 aromatic carbocycles. The first-order valence-corrected chi connectivity index (χ1v) is 6.01. The van der Waals surface area contributed by atoms with Crippen molar-refractivity contribution in [3.8, 4) is 11.5 Å². The van der Waals surface area contributed by atoms with E-state index in [0.29, 0.717) is 0 Å². The van der Waals surface area contributed by atoms with Crippen molar-refractivity contribution in [2.75, 3.05) is 0 Å². The van der Waals surface area contributed by atoms with Crippen LogP contribution in [-0.4, -0.2) is 33.2 Å². The number of phenolic OH excluding ortho intramolecular Hbond substituents is 1. The third-order valence-corrected chi connectivity index (χ3v) is 2.79. The summed E-state index contributed by atoms with van der Waals surface area (Å²) in [6.45, 7) is 0. The van der Waals surface area contributed by atoms with Gasteiger partial charge >= 0.3 is 17.9 Å². The Labute approximate surface area is 124 Å². The smallest absolute Gasteiger partial charge is 0.350 e. The number of cyclic esters (lactones) is 2. The summed E-state index contributed by atoms with van der Waals surface area (Å²) in [5.74, 6) is -3.02. The van der Waals surface area contributed by atoms with Crippen LogP contribution in [0.2, 0.25) is 0 Å². The van der Waals surface area contributed by atoms with Crippen LogP contribution in [0.5, 0.6) is 11.5 Å². The fourth-order valence-electron chi connectivity index (χ4n) is 1.77. The van der Waals surface area contributed by atoms with Gasteiger partial charge in [-0.25, -0.2) is 14.4 Å². The van der Waals surface area contributed by atoms with Gasteiger partial charge in [-0.05, 0) is 24.3 Å². The molecule has 2 aromatic rings. The van der Waals surface area contributed by atoms with Crippen LogP contribution >= 0.6 is 0 Å². The number of phenols is 2. The molecule has 3 N–H and O–H groups in total. The van der Waals surface area contributed by atoms with Crippen molar-refractivity contribution in [1.29, 1.82) is 0 Å². The minimum Gasteiger partial charge on any atom is -0.507 e. The minimum atomic E-state index is -1.11. The summed E-state index contributed by atoms with van der Waals surface area (Å²) in [5.41, 5.74) is 0.0185. The molecule has 0 unspecified atom stereocenters. The number of fused-ring (bicyclic) bond motifs is 1. The first-order chi connectivity index (χ1) is 10.4. The monoisotopic (exact) mass is 302 g/mol. The lowest BCUT2D eigenvalue weighted by Crippen LogP contribution is -1.97. The van der Waals surface area contributed by atoms with Crippen molar-refractivity contribution < 1.29 is 34.4 Å². The number of para-hydroxylation sites is 1. The molecular formula is C15H10O7. The van der Waals surface area contributed by atoms with Crippen molar-refractivity contribution >= 4 is 17.9 Å². The number of hydrogen-bond acceptors (Lipinski definition) is 6. The van der Waals surface area contributed by atoms with Gasteiger partial charge in [0.25, 0.3) is 0 Å². The molecule has 0 saturated carbocycles. The Kier molecular flexibility index (Phi) is 4.08. The Morgan fingerprint density at radius 2 is 1.50 bits per heavy atom. The van der Waals surface area contributed by atoms with Crippen molar-refractivity contribution in [2.24, 2.45) is 0 Å². The quantitative estimate of drug-likeness (QED) is 0.542. The van der Waals surface area contributed by atoms with E-state index in [0.717, 1.165) is 0 Å². The lowest BCUT2D eigenvalue weighted by Gasteiger charge is -1.95. The van der Waals surface area contributed by atoms with E-state index >= 15 is 0 Å². The van der Waals surface area contributed by atoms with Crippen LogP contribution in [-0.2, 0) is 4.74 Å². The maximum atomic E-state index is 10.9. The molecule has 3 rings (SSSR count). The number of esters is 2. The molecule has 22 heavy (non-hydrogen) atoms. The van der Waals surface area contributed by atoms with Crippen LogP contribution in [0.4, 0.5) is 0 Å². The zero-order valence-electron chi connectivity index (χ0n) is 11.0. The number of aromatic hydroxyl groups is 2. The standard InChI is InChI=1S/C8H4O4.C7H6O3/c9-5-3-1-2-4-6(5)8(11)12-7(4)10;8-6-4-2-1-3-5(6)7(9)10/h1-3,9H;1-4,8H,(H,9,10). The summed E-state index contributed by atoms with van der Waals surface area (Å²) in [7, 11) is 0. The highest BCUT2D eigenvalue weighted by Crippen LogP contribution is 2.27. The number of rotatable bonds is 1. The Bertz CT molecular complexity index is 764. The molecule has 0 bridgehead atoms. The molecule has 0 radical (unpaired) electrons. The molecule has 1 aliphatic rings. The van der Waals surface area contributed by atoms with Gasteiger partial charge in [0.05, 0.1) is 5.56 Å². The molecule has 0 aliphatic carbocycles. The number of ether oxygens (including phenoxy) is 1. The lowest BCUT2D eigenvalue weighted by atomic mass is 10.1. The Morgan fingerprint density at radius 1 is 0.864 bits per heavy atom. The summed E-state index contributed by atoms with van der Waals surface area (Å²) in [6.07, 6.45) is 0. The van der Waals surface area contributed by atoms with Crippen molar-refractivity contribution in [1.82, 2.24) is 0 Å². The first kappa shape index (κ1) is 15.0. The highest BCUT2D eigenvalue weighted by Gasteiger charge is 2.31. The zero-order valence-corrected chi connectivity index (χ0v) is 11.0. The minimum absolute atomic E-state index is 0.0394. The number of carboxylic acids is 1. The second-order valence-electron chi connectivity index (χ2n) is 4.20. The largest absolute Gasteiger partial charge is 0.507 e. The van der Waals surface area contributed by atoms with Crippen LogP contribution in [0.3, 0.4) is 0 Å². The molecule has 1 aliphatic heterocycles. The summed E-state index contributed by atoms with van der Waals surface area (Å²) in [4.78, 5) is 32.0. The fourth-order valence-corrected chi connectivity index (χ4v) is 1.77. The number of carbonyl (C=O) groups is 3. The summed E-state index contributed by atoms with van der Waals surface area (Å²) >= 11 is 0. The normalized spacial score (nSPS) is 12.0. The van der Waals surface area contributed by atoms with Crippen molar-refractivity contribution in [2.45, 2.75) is 0 Å². The summed E-state index contributed by atoms with van der Waals surface area (Å²) in [6, 6.07) is 10.1. The van der Waals surface area contributed by atoms with E-state index in [1.165, 1.54) is 30.3 Å². The van der Waals surface area contributed by atoms with Gasteiger partial charge in [-0.3, -0.25) is 0 Å². The predicted molar refractivity (Wildman–Crippen MR) is 72.9 cm³/mol. The van der Waals surface area contributed by atoms with E-state index < -0.39 is 17.9 Å². The summed E-state index contributed by atoms with van der Waals surface area (Å²) < 4.78 is 4.27. The predicted octanol–water partition coefficient (Wildman–Crippen LogP) is 1.79. The van der Waals surface area contributed by atoms with Gasteiger partial charge in [0.1, 0.15) is 22.6 Å². The van der Waals surface area contributed by atoms with Gasteiger partial charge < -0.3 is 20.1 Å². The van der Waals surface area contributed by atoms with Gasteiger partial charge in [0.2, 0.25) is 0 Å². The Morgan fingerprint density at radius 3 is 2.05 bits per heavy atom. The van der Waals surface area contributed by atoms with E-state index in [-0.39, 0.29) is 28.2 Å². The highest BCUT2D eigenvalue weighted by atomic mass is 16.6. The molecule has 0 spiro atoms. The third kappa shape index (κ3) is 2.88. The zero-order chi connectivity index (χ0) is 16.3. The average molecular weight is 302 g/mol. The average Bonchev–Trinajstić information content (AvgIpc) is 2.76. The van der Waals surface area contributed by atoms with Crippen molar-refractivity contribution in [3.05, 3.63) is 59.2 Å². The number of benzene rings is 2. The van der Waals surface area contributed by atoms with Crippen LogP contribution in [0.1, 0.15) is 31.1 Å². The van der Waals surface area contributed by atoms with E-state index in [1.54, 1.807) is 12.1 Å². The van der Waals surface area contributed by atoms with Gasteiger partial charge in [-0.2, -0.15) is 0 Å². The highest BCUT2D eigenvalue weighted by molar-refractivity contribution is 6.16. The van der Waals surface area contributed by atoms with Crippen LogP contribution < -0.4 is 0 Å². The maximum absolute atomic E-state index is 10.9. The number of carboxylic acid groups (broad SMARTS) is 1. The van der Waals surface area contributed by atoms with Crippen LogP contribution in [0.15, 0.2) is 42.5 Å². The fraction of sp³-hybridized carbons (Fsp3) is 0. The molecule has 7 nitrogen and oxygen atoms in total. The van der Waals surface area contributed by atoms with Gasteiger partial charge in [0, 0.05) is 0 Å². The van der Waals surface area contributed by atoms with Gasteiger partial charge in [-0.15, -0.1) is 0 Å². The van der Waals surface area contributed by atoms with E-state index in [2.05, 4.69) is 4.74 Å². The third-order valence-electron chi connectivity index (χ3n) is 2.79. The van der Waals surface area contributed by atoms with E-state index in [1.807, 2.05) is 0 Å². The maximum Gasteiger partial charge on any atom is 0.350 e. The molecule has 1 heterocycles. The van der Waals surface area contributed by atoms with Gasteiger partial charge in [-0.1, -0.05) is 18.2 Å². The second kappa shape index (κ2) is 5.96. The SMILES string of the molecule is O=C(O)c1ccccc1O.O=C1OC(=O)c2c(O)cccc21. The molecule has 112 valence electrons. The van der Waals surface area contributed by atoms with Crippen LogP contribution in [0, 0.1) is 0 Å². The summed E-state index contributed by atoms with van der Waals surface area (Å²) in [5, 5.41) is 26.5. The van der Waals surface area contributed by atoms with Crippen molar-refractivity contribution in [3.63, 3.8) is 0 Å². The molecule has 0 aromatic heterocycles. The number of carbonyl (C=O) groups excluding carboxylic acids is 2. The molecule has 0 amide bonds. The molecular weight excluding hydrogens is 292 g/mol. The van der Waals surface area contributed by atoms with E-state index in [4.69, 9.17) is 15.3 Å². The molecule has 0 saturated heterocycles. The number of aromatic carboxylic acids is 1. The lowest BCUT2D eigenvalue weighted by molar-refractivity contribution is 0.0442. The number of hydrogen-bond donors (Lipinski definition) is 3. The van der Waals surface area contributed by atoms with Gasteiger partial charge in [0.15, 0.2) is 0 Å². The Hall–Kier alpha value is -3.35.